The normalized spacial score (nSPS) is 15.0. The van der Waals surface area contributed by atoms with Crippen molar-refractivity contribution in [2.75, 3.05) is 29.5 Å². The molecule has 0 spiro atoms. The largest absolute Gasteiger partial charge is 0.380 e. The van der Waals surface area contributed by atoms with E-state index in [2.05, 4.69) is 20.5 Å². The van der Waals surface area contributed by atoms with Crippen LogP contribution in [-0.2, 0) is 14.9 Å². The Kier molecular flexibility index (Phi) is 9.83. The number of rotatable bonds is 15. The van der Waals surface area contributed by atoms with E-state index in [4.69, 9.17) is 4.84 Å². The third-order valence-electron chi connectivity index (χ3n) is 5.98. The maximum Gasteiger partial charge on any atom is 0.253 e. The van der Waals surface area contributed by atoms with Crippen LogP contribution in [0.15, 0.2) is 34.1 Å². The molecule has 33 heavy (non-hydrogen) atoms. The summed E-state index contributed by atoms with van der Waals surface area (Å²) in [6.45, 7) is 1.03. The van der Waals surface area contributed by atoms with Gasteiger partial charge in [0.2, 0.25) is 10.0 Å². The van der Waals surface area contributed by atoms with Crippen molar-refractivity contribution in [2.45, 2.75) is 64.2 Å². The van der Waals surface area contributed by atoms with E-state index in [0.29, 0.717) is 36.9 Å². The molecule has 1 heterocycles. The third kappa shape index (κ3) is 8.21. The molecular weight excluding hydrogens is 444 g/mol. The van der Waals surface area contributed by atoms with Gasteiger partial charge in [0.15, 0.2) is 0 Å². The van der Waals surface area contributed by atoms with E-state index in [0.717, 1.165) is 38.5 Å². The Labute approximate surface area is 195 Å². The van der Waals surface area contributed by atoms with Gasteiger partial charge in [0, 0.05) is 24.6 Å². The highest BCUT2D eigenvalue weighted by Gasteiger charge is 2.20. The van der Waals surface area contributed by atoms with Crippen LogP contribution in [0.4, 0.5) is 17.1 Å². The van der Waals surface area contributed by atoms with Gasteiger partial charge < -0.3 is 10.6 Å². The van der Waals surface area contributed by atoms with Crippen LogP contribution >= 0.6 is 0 Å². The van der Waals surface area contributed by atoms with Gasteiger partial charge in [-0.25, -0.2) is 8.42 Å². The Bertz CT molecular complexity index is 1030. The molecule has 1 aromatic heterocycles. The number of sulfonamides is 1. The van der Waals surface area contributed by atoms with Crippen molar-refractivity contribution in [2.24, 2.45) is 5.92 Å². The van der Waals surface area contributed by atoms with Crippen LogP contribution in [0.5, 0.6) is 0 Å². The molecule has 1 aliphatic carbocycles. The number of hydrogen-bond donors (Lipinski definition) is 3. The molecule has 1 aromatic carbocycles. The van der Waals surface area contributed by atoms with Crippen molar-refractivity contribution in [3.8, 4) is 0 Å². The lowest BCUT2D eigenvalue weighted by molar-refractivity contribution is 0.0519. The highest BCUT2D eigenvalue weighted by atomic mass is 32.2. The van der Waals surface area contributed by atoms with Gasteiger partial charge in [0.05, 0.1) is 12.4 Å². The monoisotopic (exact) mass is 478 g/mol. The molecule has 9 nitrogen and oxygen atoms in total. The van der Waals surface area contributed by atoms with Crippen LogP contribution in [0.25, 0.3) is 0 Å². The molecule has 3 N–H and O–H groups in total. The molecule has 10 heteroatoms. The first-order valence-electron chi connectivity index (χ1n) is 11.8. The quantitative estimate of drug-likeness (QED) is 0.202. The van der Waals surface area contributed by atoms with Gasteiger partial charge in [-0.2, -0.15) is 0 Å². The molecule has 2 aromatic rings. The van der Waals surface area contributed by atoms with Gasteiger partial charge in [-0.1, -0.05) is 43.4 Å². The summed E-state index contributed by atoms with van der Waals surface area (Å²) in [6.07, 6.45) is 13.1. The van der Waals surface area contributed by atoms with Gasteiger partial charge in [0.25, 0.3) is 10.9 Å². The number of unbranched alkanes of at least 4 members (excludes halogenated alkanes) is 4. The van der Waals surface area contributed by atoms with Crippen molar-refractivity contribution in [1.29, 1.82) is 0 Å². The second-order valence-corrected chi connectivity index (χ2v) is 10.5. The zero-order chi connectivity index (χ0) is 23.5. The van der Waals surface area contributed by atoms with Crippen LogP contribution in [0, 0.1) is 5.92 Å². The second-order valence-electron chi connectivity index (χ2n) is 8.68. The number of aromatic nitrogens is 1. The van der Waals surface area contributed by atoms with Crippen LogP contribution in [-0.4, -0.2) is 32.3 Å². The fraction of sp³-hybridized carbons (Fsp3) is 0.609. The first-order chi connectivity index (χ1) is 16.0. The average molecular weight is 479 g/mol. The third-order valence-corrected chi connectivity index (χ3v) is 7.18. The lowest BCUT2D eigenvalue weighted by atomic mass is 9.90. The minimum Gasteiger partial charge on any atom is -0.380 e. The van der Waals surface area contributed by atoms with E-state index in [-0.39, 0.29) is 11.4 Å². The highest BCUT2D eigenvalue weighted by molar-refractivity contribution is 7.89. The van der Waals surface area contributed by atoms with Gasteiger partial charge in [-0.05, 0) is 43.7 Å². The maximum absolute atomic E-state index is 12.0. The van der Waals surface area contributed by atoms with Crippen molar-refractivity contribution in [3.05, 3.63) is 45.0 Å². The van der Waals surface area contributed by atoms with E-state index in [1.165, 1.54) is 19.3 Å². The fourth-order valence-corrected chi connectivity index (χ4v) is 4.97. The van der Waals surface area contributed by atoms with Gasteiger partial charge in [-0.3, -0.25) is 19.4 Å². The molecule has 0 bridgehead atoms. The molecule has 1 saturated carbocycles. The van der Waals surface area contributed by atoms with Crippen molar-refractivity contribution in [3.63, 3.8) is 0 Å². The number of pyridine rings is 1. The van der Waals surface area contributed by atoms with Crippen molar-refractivity contribution < 1.29 is 13.3 Å². The van der Waals surface area contributed by atoms with E-state index in [1.807, 2.05) is 0 Å². The molecule has 1 aliphatic rings. The fourth-order valence-electron chi connectivity index (χ4n) is 4.06. The smallest absolute Gasteiger partial charge is 0.253 e. The molecule has 0 aliphatic heterocycles. The summed E-state index contributed by atoms with van der Waals surface area (Å²) in [7, 11) is -3.40. The lowest BCUT2D eigenvalue weighted by Crippen LogP contribution is -2.36. The van der Waals surface area contributed by atoms with Crippen molar-refractivity contribution in [1.82, 2.24) is 9.87 Å². The maximum atomic E-state index is 12.0. The SMILES string of the molecule is O=c1c(NCCCCCCCS(=O)(=O)NOCC2CCCCC2)c(Nc2ccncc2)c1=O. The predicted octanol–water partition coefficient (Wildman–Crippen LogP) is 3.21. The van der Waals surface area contributed by atoms with Crippen LogP contribution in [0.1, 0.15) is 64.2 Å². The second kappa shape index (κ2) is 12.8. The van der Waals surface area contributed by atoms with Crippen LogP contribution < -0.4 is 26.4 Å². The standard InChI is InChI=1S/C23H34N4O5S/c28-22-20(21(23(22)29)26-19-11-14-24-15-12-19)25-13-7-2-1-3-8-16-33(30,31)27-32-17-18-9-5-4-6-10-18/h11-12,14-15,18,25,27H,1-10,13,16-17H2,(H,24,26). The summed E-state index contributed by atoms with van der Waals surface area (Å²) in [4.78, 5) is 35.1. The summed E-state index contributed by atoms with van der Waals surface area (Å²) in [5, 5.41) is 6.00. The van der Waals surface area contributed by atoms with E-state index < -0.39 is 20.9 Å². The summed E-state index contributed by atoms with van der Waals surface area (Å²) in [5.74, 6) is 0.519. The summed E-state index contributed by atoms with van der Waals surface area (Å²) < 4.78 is 24.0. The topological polar surface area (TPSA) is 126 Å². The summed E-state index contributed by atoms with van der Waals surface area (Å²) in [5.41, 5.74) is 0.280. The lowest BCUT2D eigenvalue weighted by Gasteiger charge is -2.21. The molecule has 0 atom stereocenters. The van der Waals surface area contributed by atoms with Gasteiger partial charge in [-0.15, -0.1) is 0 Å². The highest BCUT2D eigenvalue weighted by Crippen LogP contribution is 2.23. The van der Waals surface area contributed by atoms with Crippen molar-refractivity contribution >= 4 is 27.1 Å². The molecular formula is C23H34N4O5S. The Morgan fingerprint density at radius 1 is 0.909 bits per heavy atom. The molecule has 1 fully saturated rings. The molecule has 182 valence electrons. The molecule has 3 rings (SSSR count). The zero-order valence-electron chi connectivity index (χ0n) is 19.0. The van der Waals surface area contributed by atoms with E-state index >= 15 is 0 Å². The number of hydrogen-bond acceptors (Lipinski definition) is 8. The summed E-state index contributed by atoms with van der Waals surface area (Å²) in [6, 6.07) is 3.44. The molecule has 0 radical (unpaired) electrons. The minimum atomic E-state index is -3.40. The van der Waals surface area contributed by atoms with Crippen LogP contribution in [0.2, 0.25) is 0 Å². The van der Waals surface area contributed by atoms with E-state index in [1.54, 1.807) is 24.5 Å². The first kappa shape index (κ1) is 25.3. The summed E-state index contributed by atoms with van der Waals surface area (Å²) >= 11 is 0. The molecule has 0 amide bonds. The Balaban J connectivity index is 1.24. The van der Waals surface area contributed by atoms with Gasteiger partial charge in [0.1, 0.15) is 11.4 Å². The Morgan fingerprint density at radius 2 is 1.58 bits per heavy atom. The number of anilines is 3. The van der Waals surface area contributed by atoms with Gasteiger partial charge >= 0.3 is 0 Å². The average Bonchev–Trinajstić information content (AvgIpc) is 2.83. The first-order valence-corrected chi connectivity index (χ1v) is 13.5. The molecule has 0 saturated heterocycles. The van der Waals surface area contributed by atoms with E-state index in [9.17, 15) is 18.0 Å². The number of nitrogens with zero attached hydrogens (tertiary/aromatic N) is 1. The zero-order valence-corrected chi connectivity index (χ0v) is 19.8. The number of nitrogens with one attached hydrogen (secondary N) is 3. The predicted molar refractivity (Wildman–Crippen MR) is 130 cm³/mol. The minimum absolute atomic E-state index is 0.0590. The van der Waals surface area contributed by atoms with Crippen LogP contribution in [0.3, 0.4) is 0 Å². The Hall–Kier alpha value is -2.30. The molecule has 0 unspecified atom stereocenters. The Morgan fingerprint density at radius 3 is 2.33 bits per heavy atom.